The Bertz CT molecular complexity index is 252. The van der Waals surface area contributed by atoms with Crippen LogP contribution in [0.25, 0.3) is 0 Å². The second kappa shape index (κ2) is 4.86. The molecule has 4 atom stereocenters. The molecular weight excluding hydrogens is 231 g/mol. The second-order valence-corrected chi connectivity index (χ2v) is 4.26. The van der Waals surface area contributed by atoms with E-state index < -0.39 is 39.0 Å². The summed E-state index contributed by atoms with van der Waals surface area (Å²) in [5.41, 5.74) is 0. The average molecular weight is 242 g/mol. The van der Waals surface area contributed by atoms with Crippen molar-refractivity contribution in [1.82, 2.24) is 0 Å². The van der Waals surface area contributed by atoms with Crippen LogP contribution in [0.15, 0.2) is 0 Å². The normalized spacial score (nSPS) is 37.9. The molecule has 1 fully saturated rings. The summed E-state index contributed by atoms with van der Waals surface area (Å²) in [6.07, 6.45) is -5.66. The fourth-order valence-corrected chi connectivity index (χ4v) is 1.68. The van der Waals surface area contributed by atoms with E-state index in [1.54, 1.807) is 0 Å². The van der Waals surface area contributed by atoms with Crippen molar-refractivity contribution in [3.63, 3.8) is 0 Å². The summed E-state index contributed by atoms with van der Waals surface area (Å²) in [6.45, 7) is -0.481. The molecule has 3 N–H and O–H groups in total. The lowest BCUT2D eigenvalue weighted by molar-refractivity contribution is -0.364. The highest BCUT2D eigenvalue weighted by molar-refractivity contribution is 7.43. The molecule has 0 radical (unpaired) electrons. The summed E-state index contributed by atoms with van der Waals surface area (Å²) in [5.74, 6) is 0. The van der Waals surface area contributed by atoms with Crippen LogP contribution in [0.4, 0.5) is 0 Å². The fourth-order valence-electron chi connectivity index (χ4n) is 1.25. The molecule has 0 aromatic rings. The Balaban J connectivity index is 2.64. The zero-order chi connectivity index (χ0) is 11.6. The quantitative estimate of drug-likeness (QED) is 0.436. The monoisotopic (exact) mass is 242 g/mol. The van der Waals surface area contributed by atoms with Gasteiger partial charge in [-0.05, 0) is 0 Å². The molecule has 0 unspecified atom stereocenters. The van der Waals surface area contributed by atoms with E-state index in [4.69, 9.17) is 9.84 Å². The molecule has 1 heterocycles. The summed E-state index contributed by atoms with van der Waals surface area (Å²) < 4.78 is 18.9. The number of rotatable bonds is 3. The molecule has 1 saturated heterocycles. The fraction of sp³-hybridized carbons (Fsp3) is 1.00. The van der Waals surface area contributed by atoms with Crippen LogP contribution in [0.2, 0.25) is 0 Å². The highest BCUT2D eigenvalue weighted by Crippen LogP contribution is 2.32. The lowest BCUT2D eigenvalue weighted by atomic mass is 10.0. The largest absolute Gasteiger partial charge is 0.790 e. The van der Waals surface area contributed by atoms with Gasteiger partial charge in [0.1, 0.15) is 6.10 Å². The number of phosphoric acid groups is 1. The van der Waals surface area contributed by atoms with E-state index in [0.717, 1.165) is 0 Å². The first-order valence-electron chi connectivity index (χ1n) is 4.16. The standard InChI is InChI=1S/C6H13O8P/c7-2-3-1-4(8)5(9)6(13-3)14-15(10,11)12/h3-9H,1-2H2,(H2,10,11,12)/p-2/t3-,4-,5-,6+/m0/s1. The van der Waals surface area contributed by atoms with Gasteiger partial charge < -0.3 is 38.9 Å². The Hall–Kier alpha value is -0.0500. The molecule has 0 saturated carbocycles. The zero-order valence-electron chi connectivity index (χ0n) is 7.55. The maximum Gasteiger partial charge on any atom is 0.191 e. The summed E-state index contributed by atoms with van der Waals surface area (Å²) in [5, 5.41) is 27.2. The molecule has 0 aliphatic carbocycles. The summed E-state index contributed by atoms with van der Waals surface area (Å²) in [6, 6.07) is 0. The SMILES string of the molecule is O=P([O-])([O-])O[C@H]1O[C@H](CO)C[C@H](O)[C@@H]1O. The highest BCUT2D eigenvalue weighted by Gasteiger charge is 2.37. The Morgan fingerprint density at radius 2 is 2.07 bits per heavy atom. The molecule has 0 spiro atoms. The van der Waals surface area contributed by atoms with Gasteiger partial charge in [-0.15, -0.1) is 0 Å². The first-order chi connectivity index (χ1) is 6.83. The third kappa shape index (κ3) is 3.78. The highest BCUT2D eigenvalue weighted by atomic mass is 31.2. The van der Waals surface area contributed by atoms with Crippen LogP contribution in [0.3, 0.4) is 0 Å². The minimum Gasteiger partial charge on any atom is -0.790 e. The van der Waals surface area contributed by atoms with Crippen molar-refractivity contribution in [1.29, 1.82) is 0 Å². The molecule has 8 nitrogen and oxygen atoms in total. The van der Waals surface area contributed by atoms with E-state index in [0.29, 0.717) is 0 Å². The predicted octanol–water partition coefficient (Wildman–Crippen LogP) is -3.34. The lowest BCUT2D eigenvalue weighted by Gasteiger charge is -2.41. The number of hydrogen-bond acceptors (Lipinski definition) is 8. The first-order valence-corrected chi connectivity index (χ1v) is 5.62. The molecule has 1 aliphatic heterocycles. The maximum atomic E-state index is 10.3. The van der Waals surface area contributed by atoms with E-state index in [2.05, 4.69) is 4.52 Å². The van der Waals surface area contributed by atoms with Gasteiger partial charge in [-0.3, -0.25) is 0 Å². The van der Waals surface area contributed by atoms with Gasteiger partial charge in [0, 0.05) is 6.42 Å². The van der Waals surface area contributed by atoms with Crippen LogP contribution >= 0.6 is 7.82 Å². The number of aliphatic hydroxyl groups is 3. The average Bonchev–Trinajstić information content (AvgIpc) is 2.10. The molecule has 0 aromatic heterocycles. The molecule has 0 amide bonds. The number of hydrogen-bond donors (Lipinski definition) is 3. The predicted molar refractivity (Wildman–Crippen MR) is 41.1 cm³/mol. The van der Waals surface area contributed by atoms with Crippen molar-refractivity contribution < 1.29 is 38.9 Å². The smallest absolute Gasteiger partial charge is 0.191 e. The molecule has 15 heavy (non-hydrogen) atoms. The van der Waals surface area contributed by atoms with Crippen molar-refractivity contribution in [2.24, 2.45) is 0 Å². The molecular formula is C6H11O8P-2. The van der Waals surface area contributed by atoms with E-state index in [9.17, 15) is 24.6 Å². The van der Waals surface area contributed by atoms with Gasteiger partial charge in [-0.2, -0.15) is 0 Å². The van der Waals surface area contributed by atoms with Crippen LogP contribution < -0.4 is 9.79 Å². The molecule has 0 aromatic carbocycles. The molecule has 90 valence electrons. The number of phosphoric ester groups is 1. The van der Waals surface area contributed by atoms with Crippen molar-refractivity contribution in [3.05, 3.63) is 0 Å². The molecule has 1 aliphatic rings. The number of ether oxygens (including phenoxy) is 1. The van der Waals surface area contributed by atoms with Crippen LogP contribution in [0.5, 0.6) is 0 Å². The van der Waals surface area contributed by atoms with E-state index in [1.165, 1.54) is 0 Å². The van der Waals surface area contributed by atoms with Crippen molar-refractivity contribution in [2.75, 3.05) is 6.61 Å². The lowest BCUT2D eigenvalue weighted by Crippen LogP contribution is -2.50. The van der Waals surface area contributed by atoms with Gasteiger partial charge in [0.2, 0.25) is 0 Å². The van der Waals surface area contributed by atoms with Gasteiger partial charge in [0.25, 0.3) is 0 Å². The van der Waals surface area contributed by atoms with Gasteiger partial charge in [0.05, 0.1) is 26.6 Å². The second-order valence-electron chi connectivity index (χ2n) is 3.16. The Labute approximate surface area is 85.3 Å². The van der Waals surface area contributed by atoms with Crippen molar-refractivity contribution in [3.8, 4) is 0 Å². The van der Waals surface area contributed by atoms with Gasteiger partial charge >= 0.3 is 0 Å². The van der Waals surface area contributed by atoms with Crippen LogP contribution in [0, 0.1) is 0 Å². The topological polar surface area (TPSA) is 142 Å². The zero-order valence-corrected chi connectivity index (χ0v) is 8.45. The van der Waals surface area contributed by atoms with Crippen LogP contribution in [0.1, 0.15) is 6.42 Å². The molecule has 1 rings (SSSR count). The van der Waals surface area contributed by atoms with Gasteiger partial charge in [0.15, 0.2) is 6.29 Å². The van der Waals surface area contributed by atoms with E-state index in [1.807, 2.05) is 0 Å². The summed E-state index contributed by atoms with van der Waals surface area (Å²) >= 11 is 0. The third-order valence-electron chi connectivity index (χ3n) is 1.94. The van der Waals surface area contributed by atoms with E-state index >= 15 is 0 Å². The Morgan fingerprint density at radius 3 is 2.53 bits per heavy atom. The third-order valence-corrected chi connectivity index (χ3v) is 2.41. The summed E-state index contributed by atoms with van der Waals surface area (Å²) in [7, 11) is -5.31. The van der Waals surface area contributed by atoms with Crippen molar-refractivity contribution >= 4 is 7.82 Å². The van der Waals surface area contributed by atoms with Crippen LogP contribution in [-0.4, -0.2) is 46.5 Å². The maximum absolute atomic E-state index is 10.3. The Morgan fingerprint density at radius 1 is 1.47 bits per heavy atom. The summed E-state index contributed by atoms with van der Waals surface area (Å²) in [4.78, 5) is 20.5. The molecule has 0 bridgehead atoms. The van der Waals surface area contributed by atoms with Crippen LogP contribution in [-0.2, 0) is 13.8 Å². The Kier molecular flexibility index (Phi) is 4.21. The first kappa shape index (κ1) is 13.0. The minimum absolute atomic E-state index is 0.0699. The van der Waals surface area contributed by atoms with Crippen molar-refractivity contribution in [2.45, 2.75) is 31.0 Å². The van der Waals surface area contributed by atoms with Gasteiger partial charge in [-0.1, -0.05) is 0 Å². The van der Waals surface area contributed by atoms with E-state index in [-0.39, 0.29) is 6.42 Å². The van der Waals surface area contributed by atoms with Gasteiger partial charge in [-0.25, -0.2) is 0 Å². The number of aliphatic hydroxyl groups excluding tert-OH is 3. The molecule has 9 heteroatoms. The minimum atomic E-state index is -5.31.